The fourth-order valence-corrected chi connectivity index (χ4v) is 2.87. The molecule has 166 valence electrons. The summed E-state index contributed by atoms with van der Waals surface area (Å²) in [5, 5.41) is 2.98. The smallest absolute Gasteiger partial charge is 0.434 e. The maximum Gasteiger partial charge on any atom is 0.434 e. The van der Waals surface area contributed by atoms with Crippen LogP contribution in [0.1, 0.15) is 25.1 Å². The molecule has 10 heteroatoms. The zero-order chi connectivity index (χ0) is 23.3. The molecule has 32 heavy (non-hydrogen) atoms. The highest BCUT2D eigenvalue weighted by Crippen LogP contribution is 2.33. The lowest BCUT2D eigenvalue weighted by molar-refractivity contribution is -0.141. The highest BCUT2D eigenvalue weighted by atomic mass is 35.5. The molecule has 0 aliphatic carbocycles. The van der Waals surface area contributed by atoms with Crippen molar-refractivity contribution in [3.63, 3.8) is 0 Å². The van der Waals surface area contributed by atoms with E-state index in [1.807, 2.05) is 19.1 Å². The zero-order valence-electron chi connectivity index (χ0n) is 17.0. The molecule has 0 saturated carbocycles. The largest absolute Gasteiger partial charge is 0.437 e. The molecule has 0 spiro atoms. The van der Waals surface area contributed by atoms with Crippen LogP contribution >= 0.6 is 11.6 Å². The van der Waals surface area contributed by atoms with Crippen LogP contribution in [0.2, 0.25) is 5.02 Å². The molecule has 3 aromatic rings. The molecule has 6 nitrogen and oxygen atoms in total. The maximum absolute atomic E-state index is 12.6. The van der Waals surface area contributed by atoms with E-state index in [1.165, 1.54) is 13.0 Å². The van der Waals surface area contributed by atoms with Crippen LogP contribution in [0.3, 0.4) is 0 Å². The monoisotopic (exact) mass is 462 g/mol. The van der Waals surface area contributed by atoms with Gasteiger partial charge in [-0.1, -0.05) is 23.8 Å². The lowest BCUT2D eigenvalue weighted by Crippen LogP contribution is -2.28. The van der Waals surface area contributed by atoms with Crippen LogP contribution in [0, 0.1) is 0 Å². The second-order valence-electron chi connectivity index (χ2n) is 6.81. The Kier molecular flexibility index (Phi) is 7.09. The van der Waals surface area contributed by atoms with Crippen LogP contribution in [0.15, 0.2) is 55.0 Å². The minimum Gasteiger partial charge on any atom is -0.437 e. The first-order valence-corrected chi connectivity index (χ1v) is 9.78. The fourth-order valence-electron chi connectivity index (χ4n) is 2.65. The van der Waals surface area contributed by atoms with Gasteiger partial charge in [-0.05, 0) is 36.8 Å². The van der Waals surface area contributed by atoms with Gasteiger partial charge in [-0.3, -0.25) is 9.78 Å². The molecule has 0 saturated heterocycles. The number of benzene rings is 1. The summed E-state index contributed by atoms with van der Waals surface area (Å²) in [5.74, 6) is 0.517. The summed E-state index contributed by atoms with van der Waals surface area (Å²) in [6, 6.07) is 8.04. The summed E-state index contributed by atoms with van der Waals surface area (Å²) in [6.45, 7) is 3.30. The Labute approximate surface area is 187 Å². The number of halogens is 4. The number of carbonyl (C=O) groups is 1. The third-order valence-electron chi connectivity index (χ3n) is 4.15. The van der Waals surface area contributed by atoms with E-state index in [4.69, 9.17) is 16.3 Å². The Balaban J connectivity index is 1.68. The molecule has 2 heterocycles. The number of nitrogens with zero attached hydrogens (tertiary/aromatic N) is 3. The summed E-state index contributed by atoms with van der Waals surface area (Å²) in [7, 11) is 0. The van der Waals surface area contributed by atoms with Gasteiger partial charge in [-0.15, -0.1) is 0 Å². The number of hydrogen-bond donors (Lipinski definition) is 1. The average molecular weight is 463 g/mol. The molecule has 3 rings (SSSR count). The molecule has 0 aliphatic heterocycles. The van der Waals surface area contributed by atoms with Crippen molar-refractivity contribution in [1.29, 1.82) is 0 Å². The number of alkyl halides is 3. The van der Waals surface area contributed by atoms with Gasteiger partial charge in [0.25, 0.3) is 0 Å². The van der Waals surface area contributed by atoms with Gasteiger partial charge in [0, 0.05) is 30.8 Å². The molecule has 1 N–H and O–H groups in total. The Morgan fingerprint density at radius 2 is 1.91 bits per heavy atom. The van der Waals surface area contributed by atoms with Gasteiger partial charge in [-0.2, -0.15) is 13.2 Å². The summed E-state index contributed by atoms with van der Waals surface area (Å²) in [5.41, 5.74) is 0.484. The first-order valence-electron chi connectivity index (χ1n) is 9.40. The van der Waals surface area contributed by atoms with Crippen LogP contribution in [-0.2, 0) is 11.0 Å². The number of carbonyl (C=O) groups excluding carboxylic acids is 1. The maximum atomic E-state index is 12.6. The van der Waals surface area contributed by atoms with Crippen molar-refractivity contribution in [2.75, 3.05) is 0 Å². The molecule has 1 amide bonds. The summed E-state index contributed by atoms with van der Waals surface area (Å²) in [6.07, 6.45) is 2.42. The van der Waals surface area contributed by atoms with Crippen molar-refractivity contribution >= 4 is 23.6 Å². The average Bonchev–Trinajstić information content (AvgIpc) is 2.73. The second kappa shape index (κ2) is 9.78. The van der Waals surface area contributed by atoms with E-state index < -0.39 is 11.9 Å². The van der Waals surface area contributed by atoms with Crippen LogP contribution in [-0.4, -0.2) is 26.9 Å². The zero-order valence-corrected chi connectivity index (χ0v) is 17.8. The summed E-state index contributed by atoms with van der Waals surface area (Å²) in [4.78, 5) is 22.4. The van der Waals surface area contributed by atoms with Gasteiger partial charge in [0.15, 0.2) is 5.69 Å². The van der Waals surface area contributed by atoms with Crippen molar-refractivity contribution in [2.24, 2.45) is 0 Å². The van der Waals surface area contributed by atoms with E-state index in [0.717, 1.165) is 11.8 Å². The summed E-state index contributed by atoms with van der Waals surface area (Å²) < 4.78 is 43.6. The van der Waals surface area contributed by atoms with Gasteiger partial charge >= 0.3 is 6.18 Å². The van der Waals surface area contributed by atoms with Crippen molar-refractivity contribution in [2.45, 2.75) is 26.1 Å². The number of ether oxygens (including phenoxy) is 1. The van der Waals surface area contributed by atoms with Crippen molar-refractivity contribution in [3.8, 4) is 22.9 Å². The lowest BCUT2D eigenvalue weighted by atomic mass is 10.1. The van der Waals surface area contributed by atoms with E-state index >= 15 is 0 Å². The quantitative estimate of drug-likeness (QED) is 0.520. The Morgan fingerprint density at radius 3 is 2.47 bits per heavy atom. The Morgan fingerprint density at radius 1 is 1.12 bits per heavy atom. The normalized spacial score (nSPS) is 12.6. The molecule has 0 bridgehead atoms. The predicted molar refractivity (Wildman–Crippen MR) is 114 cm³/mol. The Bertz CT molecular complexity index is 1120. The number of aromatic nitrogens is 3. The molecular formula is C22H18ClF3N4O2. The molecular weight excluding hydrogens is 445 g/mol. The molecule has 1 aromatic carbocycles. The van der Waals surface area contributed by atoms with Gasteiger partial charge in [0.05, 0.1) is 23.1 Å². The van der Waals surface area contributed by atoms with Crippen molar-refractivity contribution < 1.29 is 22.7 Å². The van der Waals surface area contributed by atoms with E-state index in [1.54, 1.807) is 30.5 Å². The summed E-state index contributed by atoms with van der Waals surface area (Å²) >= 11 is 6.26. The third-order valence-corrected chi connectivity index (χ3v) is 4.45. The lowest BCUT2D eigenvalue weighted by Gasteiger charge is -2.09. The molecule has 0 radical (unpaired) electrons. The first-order chi connectivity index (χ1) is 15.1. The SMILES string of the molecule is CC(=O)N[C@@H](C)/C=C/c1ccc(Oc2ccc(-c3cnc(C(F)(F)F)cn3)cc2Cl)nc1. The number of nitrogens with one attached hydrogen (secondary N) is 1. The van der Waals surface area contributed by atoms with Crippen LogP contribution in [0.25, 0.3) is 17.3 Å². The topological polar surface area (TPSA) is 77.0 Å². The number of pyridine rings is 1. The Hall–Kier alpha value is -3.46. The van der Waals surface area contributed by atoms with Gasteiger partial charge < -0.3 is 10.1 Å². The van der Waals surface area contributed by atoms with Crippen LogP contribution in [0.4, 0.5) is 13.2 Å². The first kappa shape index (κ1) is 23.2. The fraction of sp³-hybridized carbons (Fsp3) is 0.182. The molecule has 1 atom stereocenters. The van der Waals surface area contributed by atoms with Crippen molar-refractivity contribution in [3.05, 3.63) is 71.3 Å². The predicted octanol–water partition coefficient (Wildman–Crippen LogP) is 5.54. The van der Waals surface area contributed by atoms with Crippen LogP contribution in [0.5, 0.6) is 11.6 Å². The highest BCUT2D eigenvalue weighted by molar-refractivity contribution is 6.32. The minimum absolute atomic E-state index is 0.114. The van der Waals surface area contributed by atoms with Gasteiger partial charge in [0.1, 0.15) is 5.75 Å². The molecule has 0 fully saturated rings. The van der Waals surface area contributed by atoms with Crippen molar-refractivity contribution in [1.82, 2.24) is 20.3 Å². The number of hydrogen-bond acceptors (Lipinski definition) is 5. The molecule has 2 aromatic heterocycles. The van der Waals surface area contributed by atoms with E-state index in [0.29, 0.717) is 23.4 Å². The van der Waals surface area contributed by atoms with Crippen LogP contribution < -0.4 is 10.1 Å². The number of amides is 1. The number of rotatable bonds is 6. The highest BCUT2D eigenvalue weighted by Gasteiger charge is 2.32. The molecule has 0 unspecified atom stereocenters. The van der Waals surface area contributed by atoms with Gasteiger partial charge in [-0.25, -0.2) is 9.97 Å². The van der Waals surface area contributed by atoms with E-state index in [2.05, 4.69) is 20.3 Å². The van der Waals surface area contributed by atoms with E-state index in [9.17, 15) is 18.0 Å². The van der Waals surface area contributed by atoms with Gasteiger partial charge in [0.2, 0.25) is 11.8 Å². The minimum atomic E-state index is -4.55. The third kappa shape index (κ3) is 6.27. The molecule has 0 aliphatic rings. The standard InChI is InChI=1S/C22H18ClF3N4O2/c1-13(30-14(2)31)3-4-15-5-8-21(29-10-15)32-19-7-6-16(9-17(19)23)18-11-28-20(12-27-18)22(24,25)26/h3-13H,1-2H3,(H,30,31)/b4-3+/t13-/m0/s1. The second-order valence-corrected chi connectivity index (χ2v) is 7.22. The van der Waals surface area contributed by atoms with E-state index in [-0.39, 0.29) is 22.7 Å².